The van der Waals surface area contributed by atoms with Gasteiger partial charge in [0, 0.05) is 13.1 Å². The Hall–Kier alpha value is -2.08. The molecule has 1 aromatic carbocycles. The minimum atomic E-state index is -3.93. The molecule has 0 saturated carbocycles. The number of hydrogen-bond acceptors (Lipinski definition) is 5. The molecule has 1 saturated heterocycles. The van der Waals surface area contributed by atoms with Crippen molar-refractivity contribution in [3.05, 3.63) is 53.1 Å². The third-order valence-corrected chi connectivity index (χ3v) is 5.72. The second-order valence-electron chi connectivity index (χ2n) is 6.07. The van der Waals surface area contributed by atoms with Crippen LogP contribution in [0.5, 0.6) is 0 Å². The van der Waals surface area contributed by atoms with E-state index >= 15 is 0 Å². The van der Waals surface area contributed by atoms with Crippen LogP contribution in [0.3, 0.4) is 0 Å². The summed E-state index contributed by atoms with van der Waals surface area (Å²) in [5, 5.41) is 0. The third kappa shape index (κ3) is 5.19. The zero-order valence-corrected chi connectivity index (χ0v) is 15.6. The highest BCUT2D eigenvalue weighted by Crippen LogP contribution is 2.21. The smallest absolute Gasteiger partial charge is 0.350 e. The molecule has 0 atom stereocenters. The van der Waals surface area contributed by atoms with E-state index in [2.05, 4.69) is 4.90 Å². The summed E-state index contributed by atoms with van der Waals surface area (Å²) in [4.78, 5) is 14.2. The number of carbonyl (C=O) groups is 1. The van der Waals surface area contributed by atoms with Gasteiger partial charge in [0.25, 0.3) is 0 Å². The second kappa shape index (κ2) is 8.85. The first-order valence-corrected chi connectivity index (χ1v) is 10.0. The molecule has 0 bridgehead atoms. The maximum atomic E-state index is 12.9. The Balaban J connectivity index is 2.31. The van der Waals surface area contributed by atoms with Gasteiger partial charge >= 0.3 is 5.97 Å². The summed E-state index contributed by atoms with van der Waals surface area (Å²) in [5.41, 5.74) is 0.951. The van der Waals surface area contributed by atoms with E-state index in [9.17, 15) is 13.2 Å². The lowest BCUT2D eigenvalue weighted by molar-refractivity contribution is -0.138. The van der Waals surface area contributed by atoms with Gasteiger partial charge < -0.3 is 9.64 Å². The van der Waals surface area contributed by atoms with Crippen molar-refractivity contribution < 1.29 is 17.9 Å². The zero-order chi connectivity index (χ0) is 18.3. The first-order valence-electron chi connectivity index (χ1n) is 8.56. The second-order valence-corrected chi connectivity index (χ2v) is 7.99. The SMILES string of the molecule is CCCOC(=O)/C(=C/C=C/N1CCCC1)S(=O)(=O)c1ccc(C)cc1. The van der Waals surface area contributed by atoms with Crippen LogP contribution in [0, 0.1) is 6.92 Å². The highest BCUT2D eigenvalue weighted by atomic mass is 32.2. The molecule has 0 unspecified atom stereocenters. The molecule has 25 heavy (non-hydrogen) atoms. The average Bonchev–Trinajstić information content (AvgIpc) is 3.10. The molecular formula is C19H25NO4S. The van der Waals surface area contributed by atoms with Crippen LogP contribution in [0.4, 0.5) is 0 Å². The molecule has 2 rings (SSSR count). The molecule has 0 N–H and O–H groups in total. The van der Waals surface area contributed by atoms with Gasteiger partial charge in [-0.1, -0.05) is 24.6 Å². The topological polar surface area (TPSA) is 63.7 Å². The van der Waals surface area contributed by atoms with Gasteiger partial charge in [-0.3, -0.25) is 0 Å². The maximum Gasteiger partial charge on any atom is 0.350 e. The predicted molar refractivity (Wildman–Crippen MR) is 97.6 cm³/mol. The zero-order valence-electron chi connectivity index (χ0n) is 14.8. The summed E-state index contributed by atoms with van der Waals surface area (Å²) in [7, 11) is -3.93. The lowest BCUT2D eigenvalue weighted by Gasteiger charge is -2.11. The van der Waals surface area contributed by atoms with E-state index in [0.29, 0.717) is 6.42 Å². The molecule has 6 heteroatoms. The van der Waals surface area contributed by atoms with Crippen LogP contribution < -0.4 is 0 Å². The van der Waals surface area contributed by atoms with Gasteiger partial charge in [-0.15, -0.1) is 0 Å². The highest BCUT2D eigenvalue weighted by Gasteiger charge is 2.27. The number of ether oxygens (including phenoxy) is 1. The van der Waals surface area contributed by atoms with E-state index in [1.165, 1.54) is 18.2 Å². The van der Waals surface area contributed by atoms with Gasteiger partial charge in [0.1, 0.15) is 0 Å². The molecule has 0 aromatic heterocycles. The van der Waals surface area contributed by atoms with Crippen LogP contribution in [0.2, 0.25) is 0 Å². The Kier molecular flexibility index (Phi) is 6.82. The van der Waals surface area contributed by atoms with Crippen LogP contribution in [0.25, 0.3) is 0 Å². The van der Waals surface area contributed by atoms with Crippen molar-refractivity contribution in [2.45, 2.75) is 38.0 Å². The average molecular weight is 363 g/mol. The molecule has 1 heterocycles. The van der Waals surface area contributed by atoms with Gasteiger partial charge in [0.15, 0.2) is 4.91 Å². The number of sulfone groups is 1. The van der Waals surface area contributed by atoms with Crippen molar-refractivity contribution in [1.29, 1.82) is 0 Å². The fraction of sp³-hybridized carbons (Fsp3) is 0.421. The molecule has 1 aromatic rings. The van der Waals surface area contributed by atoms with Crippen LogP contribution in [0.1, 0.15) is 31.7 Å². The van der Waals surface area contributed by atoms with Gasteiger partial charge in [0.2, 0.25) is 9.84 Å². The molecule has 0 radical (unpaired) electrons. The number of carbonyl (C=O) groups excluding carboxylic acids is 1. The molecular weight excluding hydrogens is 338 g/mol. The molecule has 0 spiro atoms. The van der Waals surface area contributed by atoms with Crippen molar-refractivity contribution in [3.8, 4) is 0 Å². The standard InChI is InChI=1S/C19H25NO4S/c1-3-15-24-19(21)18(7-6-14-20-12-4-5-13-20)25(22,23)17-10-8-16(2)9-11-17/h6-11,14H,3-5,12-13,15H2,1-2H3/b14-6+,18-7-. The third-order valence-electron chi connectivity index (χ3n) is 3.94. The van der Waals surface area contributed by atoms with Crippen molar-refractivity contribution in [2.75, 3.05) is 19.7 Å². The largest absolute Gasteiger partial charge is 0.462 e. The van der Waals surface area contributed by atoms with Crippen LogP contribution >= 0.6 is 0 Å². The van der Waals surface area contributed by atoms with Gasteiger partial charge in [0.05, 0.1) is 11.5 Å². The quantitative estimate of drug-likeness (QED) is 0.423. The van der Waals surface area contributed by atoms with Crippen molar-refractivity contribution in [2.24, 2.45) is 0 Å². The summed E-state index contributed by atoms with van der Waals surface area (Å²) in [5.74, 6) is -0.812. The number of aryl methyl sites for hydroxylation is 1. The number of likely N-dealkylation sites (tertiary alicyclic amines) is 1. The molecule has 5 nitrogen and oxygen atoms in total. The summed E-state index contributed by atoms with van der Waals surface area (Å²) in [6.07, 6.45) is 7.66. The lowest BCUT2D eigenvalue weighted by Crippen LogP contribution is -2.17. The van der Waals surface area contributed by atoms with Gasteiger partial charge in [-0.05, 0) is 56.7 Å². The van der Waals surface area contributed by atoms with E-state index in [1.807, 2.05) is 20.0 Å². The van der Waals surface area contributed by atoms with Crippen molar-refractivity contribution >= 4 is 15.8 Å². The van der Waals surface area contributed by atoms with E-state index < -0.39 is 15.8 Å². The minimum Gasteiger partial charge on any atom is -0.462 e. The minimum absolute atomic E-state index is 0.0902. The Bertz CT molecular complexity index is 742. The summed E-state index contributed by atoms with van der Waals surface area (Å²) in [6, 6.07) is 6.44. The number of allylic oxidation sites excluding steroid dienone is 2. The number of benzene rings is 1. The number of hydrogen-bond donors (Lipinski definition) is 0. The Labute approximate surface area is 149 Å². The molecule has 1 aliphatic rings. The first-order chi connectivity index (χ1) is 11.9. The van der Waals surface area contributed by atoms with Gasteiger partial charge in [-0.2, -0.15) is 0 Å². The fourth-order valence-electron chi connectivity index (χ4n) is 2.52. The summed E-state index contributed by atoms with van der Waals surface area (Å²) < 4.78 is 30.8. The Morgan fingerprint density at radius 1 is 1.20 bits per heavy atom. The highest BCUT2D eigenvalue weighted by molar-refractivity contribution is 7.96. The van der Waals surface area contributed by atoms with Crippen molar-refractivity contribution in [1.82, 2.24) is 4.90 Å². The Morgan fingerprint density at radius 3 is 2.44 bits per heavy atom. The number of rotatable bonds is 7. The molecule has 136 valence electrons. The molecule has 1 aliphatic heterocycles. The van der Waals surface area contributed by atoms with E-state index in [1.54, 1.807) is 18.2 Å². The van der Waals surface area contributed by atoms with Crippen LogP contribution in [-0.2, 0) is 19.4 Å². The number of esters is 1. The molecule has 0 amide bonds. The first kappa shape index (κ1) is 19.2. The van der Waals surface area contributed by atoms with E-state index in [-0.39, 0.29) is 16.4 Å². The van der Waals surface area contributed by atoms with Crippen LogP contribution in [0.15, 0.2) is 52.4 Å². The van der Waals surface area contributed by atoms with Crippen LogP contribution in [-0.4, -0.2) is 39.0 Å². The maximum absolute atomic E-state index is 12.9. The molecule has 1 fully saturated rings. The van der Waals surface area contributed by atoms with E-state index in [4.69, 9.17) is 4.74 Å². The Morgan fingerprint density at radius 2 is 1.84 bits per heavy atom. The normalized spacial score (nSPS) is 15.8. The predicted octanol–water partition coefficient (Wildman–Crippen LogP) is 3.22. The van der Waals surface area contributed by atoms with Crippen molar-refractivity contribution in [3.63, 3.8) is 0 Å². The molecule has 0 aliphatic carbocycles. The lowest BCUT2D eigenvalue weighted by atomic mass is 10.2. The number of nitrogens with zero attached hydrogens (tertiary/aromatic N) is 1. The monoisotopic (exact) mass is 363 g/mol. The summed E-state index contributed by atoms with van der Waals surface area (Å²) in [6.45, 7) is 5.82. The van der Waals surface area contributed by atoms with Gasteiger partial charge in [-0.25, -0.2) is 13.2 Å². The van der Waals surface area contributed by atoms with E-state index in [0.717, 1.165) is 31.5 Å². The fourth-order valence-corrected chi connectivity index (χ4v) is 3.80. The summed E-state index contributed by atoms with van der Waals surface area (Å²) >= 11 is 0.